The number of nitro benzene ring substituents is 1. The molecule has 1 aromatic carbocycles. The zero-order chi connectivity index (χ0) is 11.4. The Hall–Kier alpha value is -1.98. The largest absolute Gasteiger partial charge is 0.385 e. The van der Waals surface area contributed by atoms with Crippen LogP contribution in [-0.4, -0.2) is 17.4 Å². The third-order valence-electron chi connectivity index (χ3n) is 1.82. The van der Waals surface area contributed by atoms with Crippen LogP contribution in [-0.2, 0) is 0 Å². The molecule has 0 heterocycles. The average Bonchev–Trinajstić information content (AvgIpc) is 2.17. The Labute approximate surface area is 85.6 Å². The number of benzene rings is 1. The summed E-state index contributed by atoms with van der Waals surface area (Å²) in [6.07, 6.45) is 0. The summed E-state index contributed by atoms with van der Waals surface area (Å²) in [5, 5.41) is 20.1. The monoisotopic (exact) mass is 211 g/mol. The van der Waals surface area contributed by atoms with E-state index in [4.69, 9.17) is 5.41 Å². The molecule has 6 heteroatoms. The summed E-state index contributed by atoms with van der Waals surface area (Å²) in [5.41, 5.74) is 0.164. The van der Waals surface area contributed by atoms with Gasteiger partial charge in [0.2, 0.25) is 5.97 Å². The third kappa shape index (κ3) is 2.49. The minimum absolute atomic E-state index is 0.0300. The van der Waals surface area contributed by atoms with Gasteiger partial charge < -0.3 is 5.32 Å². The van der Waals surface area contributed by atoms with Crippen molar-refractivity contribution in [3.8, 4) is 0 Å². The van der Waals surface area contributed by atoms with E-state index in [-0.39, 0.29) is 16.9 Å². The van der Waals surface area contributed by atoms with Crippen molar-refractivity contribution in [3.63, 3.8) is 0 Å². The minimum Gasteiger partial charge on any atom is -0.385 e. The van der Waals surface area contributed by atoms with Crippen LogP contribution in [0.1, 0.15) is 12.5 Å². The summed E-state index contributed by atoms with van der Waals surface area (Å²) in [4.78, 5) is 9.91. The fourth-order valence-corrected chi connectivity index (χ4v) is 1.17. The smallest absolute Gasteiger partial charge is 0.271 e. The molecule has 1 aromatic rings. The maximum atomic E-state index is 12.7. The SMILES string of the molecule is CCNc1cc([N+](=O)[O-])ccc1C(=N)F. The van der Waals surface area contributed by atoms with E-state index in [1.165, 1.54) is 18.2 Å². The Morgan fingerprint density at radius 1 is 1.67 bits per heavy atom. The maximum absolute atomic E-state index is 12.7. The van der Waals surface area contributed by atoms with Gasteiger partial charge in [0.1, 0.15) is 0 Å². The van der Waals surface area contributed by atoms with Gasteiger partial charge in [-0.3, -0.25) is 15.5 Å². The van der Waals surface area contributed by atoms with Gasteiger partial charge in [0.15, 0.2) is 0 Å². The highest BCUT2D eigenvalue weighted by atomic mass is 19.1. The van der Waals surface area contributed by atoms with Gasteiger partial charge in [0, 0.05) is 18.7 Å². The molecule has 0 radical (unpaired) electrons. The van der Waals surface area contributed by atoms with Crippen LogP contribution >= 0.6 is 0 Å². The molecule has 0 amide bonds. The lowest BCUT2D eigenvalue weighted by Crippen LogP contribution is -2.04. The molecule has 0 bridgehead atoms. The van der Waals surface area contributed by atoms with Crippen LogP contribution in [0.5, 0.6) is 0 Å². The molecule has 80 valence electrons. The lowest BCUT2D eigenvalue weighted by molar-refractivity contribution is -0.384. The molecule has 1 rings (SSSR count). The molecular weight excluding hydrogens is 201 g/mol. The molecule has 0 unspecified atom stereocenters. The number of hydrogen-bond donors (Lipinski definition) is 2. The van der Waals surface area contributed by atoms with Crippen LogP contribution < -0.4 is 5.32 Å². The standard InChI is InChI=1S/C9H10FN3O2/c1-2-12-8-5-6(13(14)15)3-4-7(8)9(10)11/h3-5,11-12H,2H2,1H3. The van der Waals surface area contributed by atoms with E-state index in [0.717, 1.165) is 0 Å². The first kappa shape index (κ1) is 11.1. The number of halogens is 1. The summed E-state index contributed by atoms with van der Waals surface area (Å²) in [5.74, 6) is -1.11. The van der Waals surface area contributed by atoms with Crippen molar-refractivity contribution in [1.29, 1.82) is 5.41 Å². The van der Waals surface area contributed by atoms with Crippen molar-refractivity contribution in [2.24, 2.45) is 0 Å². The molecule has 0 aromatic heterocycles. The molecule has 0 aliphatic rings. The highest BCUT2D eigenvalue weighted by molar-refractivity contribution is 5.97. The van der Waals surface area contributed by atoms with Crippen molar-refractivity contribution in [3.05, 3.63) is 33.9 Å². The lowest BCUT2D eigenvalue weighted by atomic mass is 10.1. The zero-order valence-electron chi connectivity index (χ0n) is 8.08. The predicted octanol–water partition coefficient (Wildman–Crippen LogP) is 2.32. The lowest BCUT2D eigenvalue weighted by Gasteiger charge is -2.07. The van der Waals surface area contributed by atoms with Gasteiger partial charge in [-0.05, 0) is 13.0 Å². The Balaban J connectivity index is 3.20. The van der Waals surface area contributed by atoms with Crippen molar-refractivity contribution in [2.75, 3.05) is 11.9 Å². The van der Waals surface area contributed by atoms with Gasteiger partial charge in [-0.1, -0.05) is 0 Å². The fraction of sp³-hybridized carbons (Fsp3) is 0.222. The number of nitrogens with one attached hydrogen (secondary N) is 2. The predicted molar refractivity (Wildman–Crippen MR) is 55.2 cm³/mol. The molecule has 0 aliphatic heterocycles. The van der Waals surface area contributed by atoms with Gasteiger partial charge in [-0.15, -0.1) is 0 Å². The molecule has 0 saturated carbocycles. The highest BCUT2D eigenvalue weighted by Crippen LogP contribution is 2.23. The molecule has 0 fully saturated rings. The zero-order valence-corrected chi connectivity index (χ0v) is 8.08. The second kappa shape index (κ2) is 4.50. The van der Waals surface area contributed by atoms with E-state index >= 15 is 0 Å². The number of rotatable bonds is 4. The number of anilines is 1. The van der Waals surface area contributed by atoms with E-state index < -0.39 is 10.9 Å². The summed E-state index contributed by atoms with van der Waals surface area (Å²) in [6.45, 7) is 2.28. The van der Waals surface area contributed by atoms with E-state index in [9.17, 15) is 14.5 Å². The second-order valence-corrected chi connectivity index (χ2v) is 2.83. The summed E-state index contributed by atoms with van der Waals surface area (Å²) in [7, 11) is 0. The van der Waals surface area contributed by atoms with Crippen molar-refractivity contribution < 1.29 is 9.31 Å². The van der Waals surface area contributed by atoms with Crippen LogP contribution in [0.15, 0.2) is 18.2 Å². The number of nitro groups is 1. The van der Waals surface area contributed by atoms with Crippen molar-refractivity contribution >= 4 is 17.3 Å². The van der Waals surface area contributed by atoms with Crippen molar-refractivity contribution in [1.82, 2.24) is 0 Å². The molecule has 0 aliphatic carbocycles. The number of nitrogens with zero attached hydrogens (tertiary/aromatic N) is 1. The molecule has 2 N–H and O–H groups in total. The average molecular weight is 211 g/mol. The van der Waals surface area contributed by atoms with Crippen LogP contribution in [0.2, 0.25) is 0 Å². The number of hydrogen-bond acceptors (Lipinski definition) is 4. The minimum atomic E-state index is -1.11. The Kier molecular flexibility index (Phi) is 3.33. The van der Waals surface area contributed by atoms with E-state index in [0.29, 0.717) is 6.54 Å². The Morgan fingerprint density at radius 3 is 2.80 bits per heavy atom. The van der Waals surface area contributed by atoms with Gasteiger partial charge in [-0.25, -0.2) is 0 Å². The van der Waals surface area contributed by atoms with Crippen LogP contribution in [0.25, 0.3) is 0 Å². The summed E-state index contributed by atoms with van der Waals surface area (Å²) in [6, 6.07) is 3.61. The molecule has 0 saturated heterocycles. The highest BCUT2D eigenvalue weighted by Gasteiger charge is 2.12. The fourth-order valence-electron chi connectivity index (χ4n) is 1.17. The summed E-state index contributed by atoms with van der Waals surface area (Å²) < 4.78 is 12.7. The quantitative estimate of drug-likeness (QED) is 0.455. The maximum Gasteiger partial charge on any atom is 0.271 e. The van der Waals surface area contributed by atoms with E-state index in [1.807, 2.05) is 0 Å². The first-order valence-electron chi connectivity index (χ1n) is 4.33. The first-order chi connectivity index (χ1) is 7.06. The van der Waals surface area contributed by atoms with Crippen LogP contribution in [0.4, 0.5) is 15.8 Å². The van der Waals surface area contributed by atoms with Gasteiger partial charge >= 0.3 is 0 Å². The van der Waals surface area contributed by atoms with Gasteiger partial charge in [-0.2, -0.15) is 4.39 Å². The Morgan fingerprint density at radius 2 is 2.33 bits per heavy atom. The van der Waals surface area contributed by atoms with E-state index in [2.05, 4.69) is 5.32 Å². The molecule has 0 atom stereocenters. The molecule has 5 nitrogen and oxygen atoms in total. The van der Waals surface area contributed by atoms with Crippen LogP contribution in [0, 0.1) is 15.5 Å². The topological polar surface area (TPSA) is 79.0 Å². The normalized spacial score (nSPS) is 9.73. The van der Waals surface area contributed by atoms with Gasteiger partial charge in [0.25, 0.3) is 5.69 Å². The van der Waals surface area contributed by atoms with Gasteiger partial charge in [0.05, 0.1) is 16.2 Å². The second-order valence-electron chi connectivity index (χ2n) is 2.83. The summed E-state index contributed by atoms with van der Waals surface area (Å²) >= 11 is 0. The molecule has 15 heavy (non-hydrogen) atoms. The van der Waals surface area contributed by atoms with Crippen molar-refractivity contribution in [2.45, 2.75) is 6.92 Å². The third-order valence-corrected chi connectivity index (χ3v) is 1.82. The Bertz CT molecular complexity index is 406. The van der Waals surface area contributed by atoms with Crippen LogP contribution in [0.3, 0.4) is 0 Å². The first-order valence-corrected chi connectivity index (χ1v) is 4.33. The number of non-ortho nitro benzene ring substituents is 1. The molecule has 0 spiro atoms. The van der Waals surface area contributed by atoms with E-state index in [1.54, 1.807) is 6.92 Å². The molecular formula is C9H10FN3O2.